The number of alkyl carbamates (subject to hydrolysis) is 2. The van der Waals surface area contributed by atoms with Crippen LogP contribution >= 0.6 is 0 Å². The minimum Gasteiger partial charge on any atom is -0.459 e. The average Bonchev–Trinajstić information content (AvgIpc) is 2.77. The van der Waals surface area contributed by atoms with Crippen molar-refractivity contribution in [2.24, 2.45) is 34.0 Å². The largest absolute Gasteiger partial charge is 0.459 e. The zero-order valence-electron chi connectivity index (χ0n) is 23.2. The first-order valence-corrected chi connectivity index (χ1v) is 14.0. The Hall–Kier alpha value is -2.25. The van der Waals surface area contributed by atoms with Gasteiger partial charge in [-0.15, -0.1) is 0 Å². The summed E-state index contributed by atoms with van der Waals surface area (Å²) in [4.78, 5) is 36.5. The smallest absolute Gasteiger partial charge is 0.407 e. The van der Waals surface area contributed by atoms with Crippen molar-refractivity contribution in [3.05, 3.63) is 12.2 Å². The van der Waals surface area contributed by atoms with Crippen LogP contribution in [0.4, 0.5) is 9.59 Å². The van der Waals surface area contributed by atoms with Crippen LogP contribution in [0.5, 0.6) is 0 Å². The van der Waals surface area contributed by atoms with E-state index in [1.165, 1.54) is 38.5 Å². The first-order valence-electron chi connectivity index (χ1n) is 14.0. The number of amides is 2. The van der Waals surface area contributed by atoms with Crippen LogP contribution in [-0.2, 0) is 19.0 Å². The van der Waals surface area contributed by atoms with Gasteiger partial charge in [0.15, 0.2) is 0 Å². The third-order valence-electron chi connectivity index (χ3n) is 9.00. The van der Waals surface area contributed by atoms with E-state index in [1.807, 2.05) is 0 Å². The normalized spacial score (nSPS) is 35.4. The van der Waals surface area contributed by atoms with Crippen LogP contribution in [0.2, 0.25) is 0 Å². The highest BCUT2D eigenvalue weighted by molar-refractivity contribution is 5.86. The summed E-state index contributed by atoms with van der Waals surface area (Å²) in [7, 11) is 0. The molecule has 0 radical (unpaired) electrons. The van der Waals surface area contributed by atoms with Gasteiger partial charge in [0.2, 0.25) is 0 Å². The molecule has 5 aliphatic rings. The van der Waals surface area contributed by atoms with E-state index in [-0.39, 0.29) is 41.6 Å². The Balaban J connectivity index is 1.21. The predicted octanol–water partition coefficient (Wildman–Crippen LogP) is 5.36. The number of hydrogen-bond donors (Lipinski definition) is 2. The van der Waals surface area contributed by atoms with Crippen molar-refractivity contribution >= 4 is 18.2 Å². The Bertz CT molecular complexity index is 864. The molecule has 5 saturated carbocycles. The molecule has 37 heavy (non-hydrogen) atoms. The van der Waals surface area contributed by atoms with Crippen molar-refractivity contribution in [1.82, 2.24) is 10.6 Å². The Kier molecular flexibility index (Phi) is 8.15. The fourth-order valence-corrected chi connectivity index (χ4v) is 8.49. The molecule has 0 saturated heterocycles. The Morgan fingerprint density at radius 2 is 1.43 bits per heavy atom. The predicted molar refractivity (Wildman–Crippen MR) is 140 cm³/mol. The van der Waals surface area contributed by atoms with Gasteiger partial charge in [-0.2, -0.15) is 0 Å². The van der Waals surface area contributed by atoms with Crippen LogP contribution in [0.3, 0.4) is 0 Å². The molecule has 0 unspecified atom stereocenters. The molecule has 2 atom stereocenters. The SMILES string of the molecule is C=C(C)C(=O)OCCOC(=O)NC[C@@]1(C)C[C@H](NC(=O)OCC23CC4CC(CC(C4)C2)C3)CC(C)(C)C1. The van der Waals surface area contributed by atoms with Gasteiger partial charge in [0.05, 0.1) is 6.61 Å². The number of esters is 1. The molecular formula is C29H46N2O6. The number of carbonyl (C=O) groups is 3. The highest BCUT2D eigenvalue weighted by Crippen LogP contribution is 2.60. The van der Waals surface area contributed by atoms with Gasteiger partial charge in [0, 0.05) is 23.6 Å². The highest BCUT2D eigenvalue weighted by Gasteiger charge is 2.51. The molecule has 0 aromatic carbocycles. The molecule has 5 fully saturated rings. The molecular weight excluding hydrogens is 472 g/mol. The van der Waals surface area contributed by atoms with Gasteiger partial charge in [0.1, 0.15) is 13.2 Å². The van der Waals surface area contributed by atoms with Gasteiger partial charge in [-0.1, -0.05) is 27.4 Å². The fraction of sp³-hybridized carbons (Fsp3) is 0.828. The summed E-state index contributed by atoms with van der Waals surface area (Å²) in [5.41, 5.74) is 0.315. The molecule has 5 rings (SSSR count). The first kappa shape index (κ1) is 27.8. The minimum absolute atomic E-state index is 0.00715. The van der Waals surface area contributed by atoms with E-state index < -0.39 is 12.1 Å². The van der Waals surface area contributed by atoms with E-state index in [9.17, 15) is 14.4 Å². The molecule has 0 aliphatic heterocycles. The quantitative estimate of drug-likeness (QED) is 0.184. The summed E-state index contributed by atoms with van der Waals surface area (Å²) in [5, 5.41) is 6.00. The molecule has 208 valence electrons. The van der Waals surface area contributed by atoms with Crippen LogP contribution in [0, 0.1) is 34.0 Å². The maximum absolute atomic E-state index is 12.9. The van der Waals surface area contributed by atoms with Gasteiger partial charge >= 0.3 is 18.2 Å². The summed E-state index contributed by atoms with van der Waals surface area (Å²) in [5.74, 6) is 2.01. The molecule has 0 aromatic heterocycles. The maximum Gasteiger partial charge on any atom is 0.407 e. The molecule has 4 bridgehead atoms. The molecule has 8 nitrogen and oxygen atoms in total. The lowest BCUT2D eigenvalue weighted by atomic mass is 9.50. The summed E-state index contributed by atoms with van der Waals surface area (Å²) in [6.07, 6.45) is 9.48. The average molecular weight is 519 g/mol. The molecule has 0 aromatic rings. The molecule has 0 spiro atoms. The van der Waals surface area contributed by atoms with E-state index in [2.05, 4.69) is 38.0 Å². The van der Waals surface area contributed by atoms with E-state index in [0.29, 0.717) is 18.7 Å². The molecule has 2 N–H and O–H groups in total. The van der Waals surface area contributed by atoms with Crippen LogP contribution in [0.25, 0.3) is 0 Å². The topological polar surface area (TPSA) is 103 Å². The number of hydrogen-bond acceptors (Lipinski definition) is 6. The number of carbonyl (C=O) groups excluding carboxylic acids is 3. The zero-order valence-corrected chi connectivity index (χ0v) is 23.2. The van der Waals surface area contributed by atoms with Crippen LogP contribution in [-0.4, -0.2) is 50.6 Å². The highest BCUT2D eigenvalue weighted by atomic mass is 16.6. The van der Waals surface area contributed by atoms with Crippen molar-refractivity contribution in [2.45, 2.75) is 91.5 Å². The zero-order chi connectivity index (χ0) is 26.8. The van der Waals surface area contributed by atoms with E-state index >= 15 is 0 Å². The Labute approximate surface area is 221 Å². The third kappa shape index (κ3) is 7.41. The van der Waals surface area contributed by atoms with Crippen molar-refractivity contribution in [3.63, 3.8) is 0 Å². The summed E-state index contributed by atoms with van der Waals surface area (Å²) >= 11 is 0. The molecule has 0 heterocycles. The lowest BCUT2D eigenvalue weighted by Gasteiger charge is -2.56. The maximum atomic E-state index is 12.9. The second kappa shape index (κ2) is 10.9. The summed E-state index contributed by atoms with van der Waals surface area (Å²) < 4.78 is 15.9. The van der Waals surface area contributed by atoms with E-state index in [4.69, 9.17) is 14.2 Å². The molecule has 8 heteroatoms. The van der Waals surface area contributed by atoms with Gasteiger partial charge in [-0.25, -0.2) is 14.4 Å². The van der Waals surface area contributed by atoms with Gasteiger partial charge in [-0.3, -0.25) is 0 Å². The van der Waals surface area contributed by atoms with E-state index in [0.717, 1.165) is 37.0 Å². The van der Waals surface area contributed by atoms with Crippen molar-refractivity contribution < 1.29 is 28.6 Å². The standard InChI is InChI=1S/C29H46N2O6/c1-19(2)24(32)35-6-7-36-25(33)30-17-28(5)15-23(14-27(3,4)16-28)31-26(34)37-18-29-11-20-8-21(12-29)10-22(9-20)13-29/h20-23H,1,6-18H2,2-5H3,(H,30,33)(H,31,34)/t20?,21?,22?,23-,28+,29?/m1/s1. The Morgan fingerprint density at radius 3 is 2.03 bits per heavy atom. The van der Waals surface area contributed by atoms with Gasteiger partial charge in [-0.05, 0) is 93.3 Å². The van der Waals surface area contributed by atoms with Crippen LogP contribution in [0.1, 0.15) is 85.5 Å². The number of ether oxygens (including phenoxy) is 3. The van der Waals surface area contributed by atoms with Gasteiger partial charge in [0.25, 0.3) is 0 Å². The van der Waals surface area contributed by atoms with Crippen molar-refractivity contribution in [3.8, 4) is 0 Å². The monoisotopic (exact) mass is 518 g/mol. The Morgan fingerprint density at radius 1 is 0.838 bits per heavy atom. The summed E-state index contributed by atoms with van der Waals surface area (Å²) in [6.45, 7) is 12.6. The van der Waals surface area contributed by atoms with Crippen molar-refractivity contribution in [2.75, 3.05) is 26.4 Å². The van der Waals surface area contributed by atoms with Crippen LogP contribution < -0.4 is 10.6 Å². The van der Waals surface area contributed by atoms with Crippen LogP contribution in [0.15, 0.2) is 12.2 Å². The lowest BCUT2D eigenvalue weighted by molar-refractivity contribution is -0.139. The van der Waals surface area contributed by atoms with E-state index in [1.54, 1.807) is 6.92 Å². The second-order valence-corrected chi connectivity index (χ2v) is 13.8. The lowest BCUT2D eigenvalue weighted by Crippen LogP contribution is -2.51. The van der Waals surface area contributed by atoms with Crippen molar-refractivity contribution in [1.29, 1.82) is 0 Å². The minimum atomic E-state index is -0.546. The third-order valence-corrected chi connectivity index (χ3v) is 9.00. The first-order chi connectivity index (χ1) is 17.3. The number of nitrogens with one attached hydrogen (secondary N) is 2. The fourth-order valence-electron chi connectivity index (χ4n) is 8.49. The second-order valence-electron chi connectivity index (χ2n) is 13.8. The number of rotatable bonds is 9. The molecule has 2 amide bonds. The summed E-state index contributed by atoms with van der Waals surface area (Å²) in [6, 6.07) is -0.0167. The molecule has 5 aliphatic carbocycles. The van der Waals surface area contributed by atoms with Gasteiger partial charge < -0.3 is 24.8 Å².